The highest BCUT2D eigenvalue weighted by Gasteiger charge is 2.30. The second-order valence-corrected chi connectivity index (χ2v) is 7.57. The standard InChI is InChI=1S/C15H12BrNO2S2/c1-8-2-4-10(11(16)6-8)12-5-3-9(19-12)7-13-14(18)17-15(20)21-13/h2-6,13H,7H2,1H3,(H,17,18,20). The Bertz CT molecular complexity index is 726. The summed E-state index contributed by atoms with van der Waals surface area (Å²) in [5, 5.41) is 2.45. The average molecular weight is 382 g/mol. The van der Waals surface area contributed by atoms with Gasteiger partial charge in [-0.2, -0.15) is 0 Å². The molecule has 2 heterocycles. The fraction of sp³-hybridized carbons (Fsp3) is 0.200. The molecule has 0 spiro atoms. The van der Waals surface area contributed by atoms with Crippen molar-refractivity contribution in [3.8, 4) is 11.3 Å². The molecule has 3 nitrogen and oxygen atoms in total. The molecule has 0 bridgehead atoms. The second kappa shape index (κ2) is 5.94. The third-order valence-corrected chi connectivity index (χ3v) is 5.23. The van der Waals surface area contributed by atoms with Crippen molar-refractivity contribution in [3.63, 3.8) is 0 Å². The number of hydrogen-bond acceptors (Lipinski definition) is 4. The van der Waals surface area contributed by atoms with Crippen LogP contribution in [-0.2, 0) is 11.2 Å². The van der Waals surface area contributed by atoms with Crippen molar-refractivity contribution in [2.75, 3.05) is 0 Å². The summed E-state index contributed by atoms with van der Waals surface area (Å²) in [6.45, 7) is 2.04. The molecule has 1 N–H and O–H groups in total. The Morgan fingerprint density at radius 1 is 1.38 bits per heavy atom. The molecule has 0 radical (unpaired) electrons. The van der Waals surface area contributed by atoms with Crippen LogP contribution in [0.15, 0.2) is 39.2 Å². The van der Waals surface area contributed by atoms with Crippen molar-refractivity contribution in [2.24, 2.45) is 0 Å². The zero-order valence-electron chi connectivity index (χ0n) is 11.2. The predicted molar refractivity (Wildman–Crippen MR) is 92.4 cm³/mol. The first kappa shape index (κ1) is 14.8. The molecule has 1 fully saturated rings. The summed E-state index contributed by atoms with van der Waals surface area (Å²) in [5.41, 5.74) is 2.19. The summed E-state index contributed by atoms with van der Waals surface area (Å²) >= 11 is 9.93. The maximum absolute atomic E-state index is 11.7. The van der Waals surface area contributed by atoms with Gasteiger partial charge in [0.1, 0.15) is 15.8 Å². The van der Waals surface area contributed by atoms with Gasteiger partial charge in [-0.25, -0.2) is 0 Å². The fourth-order valence-electron chi connectivity index (χ4n) is 2.16. The zero-order valence-corrected chi connectivity index (χ0v) is 14.4. The molecule has 3 rings (SSSR count). The Morgan fingerprint density at radius 2 is 2.19 bits per heavy atom. The van der Waals surface area contributed by atoms with Gasteiger partial charge in [0.25, 0.3) is 0 Å². The molecule has 108 valence electrons. The van der Waals surface area contributed by atoms with Crippen LogP contribution < -0.4 is 5.32 Å². The van der Waals surface area contributed by atoms with Crippen LogP contribution in [0.3, 0.4) is 0 Å². The van der Waals surface area contributed by atoms with Crippen molar-refractivity contribution in [1.29, 1.82) is 0 Å². The highest BCUT2D eigenvalue weighted by molar-refractivity contribution is 9.10. The fourth-order valence-corrected chi connectivity index (χ4v) is 4.13. The van der Waals surface area contributed by atoms with Gasteiger partial charge in [0.15, 0.2) is 0 Å². The number of carbonyl (C=O) groups excluding carboxylic acids is 1. The number of rotatable bonds is 3. The Balaban J connectivity index is 1.80. The molecule has 1 aliphatic rings. The molecule has 1 aromatic carbocycles. The number of halogens is 1. The first-order valence-electron chi connectivity index (χ1n) is 6.39. The molecule has 0 aliphatic carbocycles. The number of carbonyl (C=O) groups is 1. The normalized spacial score (nSPS) is 18.1. The molecule has 1 amide bonds. The molecule has 0 saturated carbocycles. The maximum atomic E-state index is 11.7. The van der Waals surface area contributed by atoms with Crippen LogP contribution in [0.4, 0.5) is 0 Å². The topological polar surface area (TPSA) is 42.2 Å². The molecule has 1 unspecified atom stereocenters. The van der Waals surface area contributed by atoms with E-state index < -0.39 is 0 Å². The molecule has 1 aliphatic heterocycles. The third kappa shape index (κ3) is 3.22. The average Bonchev–Trinajstić information content (AvgIpc) is 2.97. The number of amides is 1. The van der Waals surface area contributed by atoms with E-state index in [-0.39, 0.29) is 11.2 Å². The van der Waals surface area contributed by atoms with E-state index in [1.807, 2.05) is 31.2 Å². The van der Waals surface area contributed by atoms with Gasteiger partial charge >= 0.3 is 0 Å². The monoisotopic (exact) mass is 381 g/mol. The van der Waals surface area contributed by atoms with Gasteiger partial charge in [0.2, 0.25) is 5.91 Å². The van der Waals surface area contributed by atoms with Crippen LogP contribution in [0.2, 0.25) is 0 Å². The smallest absolute Gasteiger partial charge is 0.239 e. The van der Waals surface area contributed by atoms with Gasteiger partial charge < -0.3 is 9.73 Å². The number of hydrogen-bond donors (Lipinski definition) is 1. The SMILES string of the molecule is Cc1ccc(-c2ccc(CC3SC(=S)NC3=O)o2)c(Br)c1. The largest absolute Gasteiger partial charge is 0.461 e. The van der Waals surface area contributed by atoms with Crippen molar-refractivity contribution >= 4 is 50.1 Å². The summed E-state index contributed by atoms with van der Waals surface area (Å²) in [7, 11) is 0. The van der Waals surface area contributed by atoms with E-state index in [1.54, 1.807) is 0 Å². The minimum Gasteiger partial charge on any atom is -0.461 e. The number of nitrogens with one attached hydrogen (secondary N) is 1. The van der Waals surface area contributed by atoms with Crippen molar-refractivity contribution in [2.45, 2.75) is 18.6 Å². The first-order valence-corrected chi connectivity index (χ1v) is 8.48. The number of thioether (sulfide) groups is 1. The van der Waals surface area contributed by atoms with E-state index in [0.29, 0.717) is 10.7 Å². The summed E-state index contributed by atoms with van der Waals surface area (Å²) in [6, 6.07) is 9.96. The molecular formula is C15H12BrNO2S2. The van der Waals surface area contributed by atoms with Crippen LogP contribution in [0.5, 0.6) is 0 Å². The molecule has 1 saturated heterocycles. The summed E-state index contributed by atoms with van der Waals surface area (Å²) < 4.78 is 7.41. The summed E-state index contributed by atoms with van der Waals surface area (Å²) in [4.78, 5) is 11.7. The van der Waals surface area contributed by atoms with E-state index >= 15 is 0 Å². The van der Waals surface area contributed by atoms with Crippen molar-refractivity contribution in [3.05, 3.63) is 46.1 Å². The van der Waals surface area contributed by atoms with Crippen LogP contribution in [0.25, 0.3) is 11.3 Å². The van der Waals surface area contributed by atoms with Crippen LogP contribution in [0.1, 0.15) is 11.3 Å². The van der Waals surface area contributed by atoms with Gasteiger partial charge in [-0.1, -0.05) is 46.0 Å². The number of aryl methyl sites for hydroxylation is 1. The first-order chi connectivity index (χ1) is 10.0. The van der Waals surface area contributed by atoms with Gasteiger partial charge in [0.05, 0.1) is 5.25 Å². The predicted octanol–water partition coefficient (Wildman–Crippen LogP) is 4.08. The maximum Gasteiger partial charge on any atom is 0.239 e. The third-order valence-electron chi connectivity index (χ3n) is 3.21. The van der Waals surface area contributed by atoms with Crippen LogP contribution >= 0.6 is 39.9 Å². The van der Waals surface area contributed by atoms with E-state index in [0.717, 1.165) is 21.6 Å². The number of benzene rings is 1. The van der Waals surface area contributed by atoms with Crippen LogP contribution in [-0.4, -0.2) is 15.5 Å². The van der Waals surface area contributed by atoms with Gasteiger partial charge in [-0.15, -0.1) is 0 Å². The Hall–Kier alpha value is -1.11. The van der Waals surface area contributed by atoms with Gasteiger partial charge in [0, 0.05) is 16.5 Å². The van der Waals surface area contributed by atoms with Crippen molar-refractivity contribution < 1.29 is 9.21 Å². The molecular weight excluding hydrogens is 370 g/mol. The lowest BCUT2D eigenvalue weighted by atomic mass is 10.1. The Morgan fingerprint density at radius 3 is 2.86 bits per heavy atom. The van der Waals surface area contributed by atoms with E-state index in [4.69, 9.17) is 16.6 Å². The Labute approximate surface area is 140 Å². The number of thiocarbonyl (C=S) groups is 1. The lowest BCUT2D eigenvalue weighted by Crippen LogP contribution is -2.25. The summed E-state index contributed by atoms with van der Waals surface area (Å²) in [6.07, 6.45) is 0.542. The summed E-state index contributed by atoms with van der Waals surface area (Å²) in [5.74, 6) is 1.54. The highest BCUT2D eigenvalue weighted by Crippen LogP contribution is 2.32. The lowest BCUT2D eigenvalue weighted by Gasteiger charge is -2.04. The van der Waals surface area contributed by atoms with Crippen LogP contribution in [0, 0.1) is 6.92 Å². The van der Waals surface area contributed by atoms with Gasteiger partial charge in [-0.3, -0.25) is 4.79 Å². The van der Waals surface area contributed by atoms with E-state index in [1.165, 1.54) is 17.3 Å². The second-order valence-electron chi connectivity index (χ2n) is 4.84. The lowest BCUT2D eigenvalue weighted by molar-refractivity contribution is -0.118. The molecule has 2 aromatic rings. The molecule has 6 heteroatoms. The van der Waals surface area contributed by atoms with E-state index in [2.05, 4.69) is 27.3 Å². The molecule has 21 heavy (non-hydrogen) atoms. The molecule has 1 aromatic heterocycles. The van der Waals surface area contributed by atoms with Gasteiger partial charge in [-0.05, 0) is 36.8 Å². The number of furan rings is 1. The molecule has 1 atom stereocenters. The quantitative estimate of drug-likeness (QED) is 0.813. The zero-order chi connectivity index (χ0) is 15.0. The minimum absolute atomic E-state index is 0.0422. The highest BCUT2D eigenvalue weighted by atomic mass is 79.9. The minimum atomic E-state index is -0.196. The van der Waals surface area contributed by atoms with Crippen molar-refractivity contribution in [1.82, 2.24) is 5.32 Å². The Kier molecular flexibility index (Phi) is 4.19. The van der Waals surface area contributed by atoms with E-state index in [9.17, 15) is 4.79 Å².